The van der Waals surface area contributed by atoms with Crippen molar-refractivity contribution in [3.8, 4) is 17.2 Å². The van der Waals surface area contributed by atoms with Crippen LogP contribution in [-0.4, -0.2) is 50.8 Å². The first-order valence-corrected chi connectivity index (χ1v) is 13.4. The summed E-state index contributed by atoms with van der Waals surface area (Å²) in [6, 6.07) is 3.38. The first kappa shape index (κ1) is 28.7. The van der Waals surface area contributed by atoms with E-state index in [0.717, 1.165) is 0 Å². The van der Waals surface area contributed by atoms with Gasteiger partial charge in [-0.1, -0.05) is 36.4 Å². The number of carbonyl (C=O) groups excluding carboxylic acids is 1. The Morgan fingerprint density at radius 2 is 1.10 bits per heavy atom. The van der Waals surface area contributed by atoms with Gasteiger partial charge in [0.15, 0.2) is 17.3 Å². The molecule has 1 aromatic carbocycles. The number of ether oxygens (including phenoxy) is 3. The SMILES string of the molecule is CCn1cc(COc2cc(C(=O)CC(C)(C)C)cc(OCc3cn(CC)nn3)c2OCc2cn(CC)nn2)nn1. The van der Waals surface area contributed by atoms with Crippen molar-refractivity contribution in [3.63, 3.8) is 0 Å². The molecule has 0 aliphatic heterocycles. The van der Waals surface area contributed by atoms with Gasteiger partial charge in [0.05, 0.1) is 18.6 Å². The number of hydrogen-bond donors (Lipinski definition) is 0. The van der Waals surface area contributed by atoms with Gasteiger partial charge in [-0.15, -0.1) is 15.3 Å². The van der Waals surface area contributed by atoms with Crippen molar-refractivity contribution < 1.29 is 19.0 Å². The molecule has 214 valence electrons. The van der Waals surface area contributed by atoms with Gasteiger partial charge < -0.3 is 14.2 Å². The van der Waals surface area contributed by atoms with Crippen LogP contribution in [0.5, 0.6) is 17.2 Å². The Bertz CT molecular complexity index is 1350. The minimum Gasteiger partial charge on any atom is -0.483 e. The highest BCUT2D eigenvalue weighted by molar-refractivity contribution is 5.97. The molecule has 3 aromatic heterocycles. The Morgan fingerprint density at radius 3 is 1.45 bits per heavy atom. The van der Waals surface area contributed by atoms with Crippen LogP contribution in [0.4, 0.5) is 0 Å². The second-order valence-corrected chi connectivity index (χ2v) is 10.5. The summed E-state index contributed by atoms with van der Waals surface area (Å²) in [5.41, 5.74) is 2.19. The minimum atomic E-state index is -0.198. The molecule has 13 heteroatoms. The van der Waals surface area contributed by atoms with E-state index < -0.39 is 0 Å². The second-order valence-electron chi connectivity index (χ2n) is 10.5. The summed E-state index contributed by atoms with van der Waals surface area (Å²) in [4.78, 5) is 13.3. The lowest BCUT2D eigenvalue weighted by Crippen LogP contribution is -2.14. The summed E-state index contributed by atoms with van der Waals surface area (Å²) in [7, 11) is 0. The third-order valence-electron chi connectivity index (χ3n) is 5.88. The van der Waals surface area contributed by atoms with Gasteiger partial charge in [0.25, 0.3) is 0 Å². The molecule has 0 radical (unpaired) electrons. The lowest BCUT2D eigenvalue weighted by atomic mass is 9.88. The average molecular weight is 552 g/mol. The maximum Gasteiger partial charge on any atom is 0.204 e. The zero-order valence-electron chi connectivity index (χ0n) is 24.0. The van der Waals surface area contributed by atoms with Gasteiger partial charge in [0, 0.05) is 31.6 Å². The summed E-state index contributed by atoms with van der Waals surface area (Å²) in [6.07, 6.45) is 5.79. The van der Waals surface area contributed by atoms with Crippen LogP contribution in [-0.2, 0) is 39.5 Å². The standard InChI is InChI=1S/C27H37N9O4/c1-7-34-13-20(28-31-34)16-38-24-10-19(23(37)12-27(4,5)6)11-25(39-17-21-14-35(8-2)32-29-21)26(24)40-18-22-15-36(9-3)33-30-22/h10-11,13-15H,7-9,12,16-18H2,1-6H3. The molecule has 0 aliphatic rings. The molecular weight excluding hydrogens is 514 g/mol. The molecule has 0 saturated heterocycles. The molecule has 0 unspecified atom stereocenters. The number of aromatic nitrogens is 9. The maximum atomic E-state index is 13.3. The zero-order valence-corrected chi connectivity index (χ0v) is 24.0. The van der Waals surface area contributed by atoms with Gasteiger partial charge in [0.1, 0.15) is 36.9 Å². The number of rotatable bonds is 14. The number of ketones is 1. The molecule has 3 heterocycles. The first-order chi connectivity index (χ1) is 19.2. The fourth-order valence-corrected chi connectivity index (χ4v) is 3.81. The van der Waals surface area contributed by atoms with E-state index in [2.05, 4.69) is 30.9 Å². The summed E-state index contributed by atoms with van der Waals surface area (Å²) in [5, 5.41) is 24.7. The van der Waals surface area contributed by atoms with Crippen molar-refractivity contribution in [2.24, 2.45) is 5.41 Å². The molecule has 40 heavy (non-hydrogen) atoms. The Labute approximate surface area is 233 Å². The molecule has 4 aromatic rings. The minimum absolute atomic E-state index is 0.0338. The summed E-state index contributed by atoms with van der Waals surface area (Å²) in [5.74, 6) is 0.999. The van der Waals surface area contributed by atoms with E-state index >= 15 is 0 Å². The van der Waals surface area contributed by atoms with E-state index in [-0.39, 0.29) is 31.0 Å². The van der Waals surface area contributed by atoms with Gasteiger partial charge in [-0.25, -0.2) is 0 Å². The predicted octanol–water partition coefficient (Wildman–Crippen LogP) is 3.88. The van der Waals surface area contributed by atoms with Crippen molar-refractivity contribution in [1.29, 1.82) is 0 Å². The van der Waals surface area contributed by atoms with Crippen molar-refractivity contribution in [2.75, 3.05) is 0 Å². The molecule has 0 spiro atoms. The van der Waals surface area contributed by atoms with Crippen molar-refractivity contribution in [3.05, 3.63) is 53.4 Å². The van der Waals surface area contributed by atoms with Crippen LogP contribution >= 0.6 is 0 Å². The van der Waals surface area contributed by atoms with Gasteiger partial charge in [-0.2, -0.15) is 0 Å². The predicted molar refractivity (Wildman–Crippen MR) is 145 cm³/mol. The Hall–Kier alpha value is -4.29. The number of benzene rings is 1. The molecule has 0 saturated carbocycles. The number of hydrogen-bond acceptors (Lipinski definition) is 10. The first-order valence-electron chi connectivity index (χ1n) is 13.4. The van der Waals surface area contributed by atoms with E-state index in [1.807, 2.05) is 60.1 Å². The maximum absolute atomic E-state index is 13.3. The van der Waals surface area contributed by atoms with E-state index in [9.17, 15) is 4.79 Å². The monoisotopic (exact) mass is 551 g/mol. The van der Waals surface area contributed by atoms with Crippen LogP contribution in [0, 0.1) is 5.41 Å². The lowest BCUT2D eigenvalue weighted by Gasteiger charge is -2.20. The van der Waals surface area contributed by atoms with E-state index in [1.54, 1.807) is 26.2 Å². The largest absolute Gasteiger partial charge is 0.483 e. The molecule has 0 amide bonds. The molecule has 4 rings (SSSR count). The average Bonchev–Trinajstić information content (AvgIpc) is 3.69. The summed E-state index contributed by atoms with van der Waals surface area (Å²) in [6.45, 7) is 14.5. The molecule has 0 fully saturated rings. The Balaban J connectivity index is 1.69. The van der Waals surface area contributed by atoms with Gasteiger partial charge in [0.2, 0.25) is 5.75 Å². The second kappa shape index (κ2) is 12.7. The number of nitrogens with zero attached hydrogens (tertiary/aromatic N) is 9. The summed E-state index contributed by atoms with van der Waals surface area (Å²) >= 11 is 0. The van der Waals surface area contributed by atoms with Gasteiger partial charge in [-0.3, -0.25) is 18.8 Å². The van der Waals surface area contributed by atoms with Crippen LogP contribution in [0.3, 0.4) is 0 Å². The van der Waals surface area contributed by atoms with Crippen molar-refractivity contribution in [1.82, 2.24) is 45.0 Å². The van der Waals surface area contributed by atoms with Crippen molar-refractivity contribution in [2.45, 2.75) is 87.4 Å². The fraction of sp³-hybridized carbons (Fsp3) is 0.519. The Kier molecular flexibility index (Phi) is 9.12. The molecule has 13 nitrogen and oxygen atoms in total. The van der Waals surface area contributed by atoms with E-state index in [1.165, 1.54) is 0 Å². The smallest absolute Gasteiger partial charge is 0.204 e. The third kappa shape index (κ3) is 7.64. The molecule has 0 N–H and O–H groups in total. The van der Waals surface area contributed by atoms with Crippen LogP contribution in [0.25, 0.3) is 0 Å². The molecule has 0 atom stereocenters. The molecular formula is C27H37N9O4. The molecule has 0 aliphatic carbocycles. The highest BCUT2D eigenvalue weighted by atomic mass is 16.5. The van der Waals surface area contributed by atoms with Crippen molar-refractivity contribution >= 4 is 5.78 Å². The van der Waals surface area contributed by atoms with Crippen LogP contribution in [0.2, 0.25) is 0 Å². The third-order valence-corrected chi connectivity index (χ3v) is 5.88. The Morgan fingerprint density at radius 1 is 0.700 bits per heavy atom. The zero-order chi connectivity index (χ0) is 28.7. The highest BCUT2D eigenvalue weighted by Gasteiger charge is 2.23. The fourth-order valence-electron chi connectivity index (χ4n) is 3.81. The highest BCUT2D eigenvalue weighted by Crippen LogP contribution is 2.41. The number of aryl methyl sites for hydroxylation is 3. The van der Waals surface area contributed by atoms with Crippen LogP contribution in [0.1, 0.15) is 75.4 Å². The summed E-state index contributed by atoms with van der Waals surface area (Å²) < 4.78 is 23.7. The van der Waals surface area contributed by atoms with Gasteiger partial charge >= 0.3 is 0 Å². The molecule has 0 bridgehead atoms. The normalized spacial score (nSPS) is 11.6. The van der Waals surface area contributed by atoms with E-state index in [4.69, 9.17) is 14.2 Å². The number of Topliss-reactive ketones (excluding diaryl/α,β-unsaturated/α-hetero) is 1. The van der Waals surface area contributed by atoms with Gasteiger partial charge in [-0.05, 0) is 38.3 Å². The quantitative estimate of drug-likeness (QED) is 0.212. The lowest BCUT2D eigenvalue weighted by molar-refractivity contribution is 0.0938. The van der Waals surface area contributed by atoms with Crippen LogP contribution in [0.15, 0.2) is 30.7 Å². The van der Waals surface area contributed by atoms with E-state index in [0.29, 0.717) is 65.9 Å². The topological polar surface area (TPSA) is 137 Å². The number of carbonyl (C=O) groups is 1. The van der Waals surface area contributed by atoms with Crippen LogP contribution < -0.4 is 14.2 Å².